The Labute approximate surface area is 107 Å². The van der Waals surface area contributed by atoms with Crippen LogP contribution in [0.25, 0.3) is 0 Å². The summed E-state index contributed by atoms with van der Waals surface area (Å²) in [5, 5.41) is 7.14. The first kappa shape index (κ1) is 12.9. The maximum Gasteiger partial charge on any atom is 0.223 e. The van der Waals surface area contributed by atoms with Gasteiger partial charge >= 0.3 is 0 Å². The van der Waals surface area contributed by atoms with E-state index in [-0.39, 0.29) is 0 Å². The standard InChI is InChI=1S/C12H21N5O/c1-9-5-4-6-17(8-9)12(13-3)14-7-11-15-10(2)18-16-11/h9H,4-8H2,1-3H3,(H,13,14). The fourth-order valence-electron chi connectivity index (χ4n) is 2.29. The largest absolute Gasteiger partial charge is 0.349 e. The molecule has 0 aromatic carbocycles. The molecule has 1 aliphatic heterocycles. The summed E-state index contributed by atoms with van der Waals surface area (Å²) in [7, 11) is 1.81. The quantitative estimate of drug-likeness (QED) is 0.631. The third kappa shape index (κ3) is 3.21. The van der Waals surface area contributed by atoms with E-state index in [2.05, 4.69) is 32.3 Å². The number of nitrogens with zero attached hydrogens (tertiary/aromatic N) is 4. The lowest BCUT2D eigenvalue weighted by Gasteiger charge is -2.33. The fourth-order valence-corrected chi connectivity index (χ4v) is 2.29. The van der Waals surface area contributed by atoms with Crippen molar-refractivity contribution in [2.75, 3.05) is 20.1 Å². The first-order valence-corrected chi connectivity index (χ1v) is 6.44. The van der Waals surface area contributed by atoms with Crippen LogP contribution in [0.3, 0.4) is 0 Å². The molecule has 18 heavy (non-hydrogen) atoms. The van der Waals surface area contributed by atoms with E-state index in [9.17, 15) is 0 Å². The number of rotatable bonds is 2. The second-order valence-electron chi connectivity index (χ2n) is 4.82. The molecule has 1 aromatic heterocycles. The van der Waals surface area contributed by atoms with Gasteiger partial charge in [-0.15, -0.1) is 0 Å². The Bertz CT molecular complexity index is 414. The third-order valence-electron chi connectivity index (χ3n) is 3.14. The highest BCUT2D eigenvalue weighted by molar-refractivity contribution is 5.79. The molecule has 1 unspecified atom stereocenters. The predicted molar refractivity (Wildman–Crippen MR) is 69.2 cm³/mol. The number of aliphatic imine (C=N–C) groups is 1. The summed E-state index contributed by atoms with van der Waals surface area (Å²) in [6, 6.07) is 0. The highest BCUT2D eigenvalue weighted by atomic mass is 16.5. The summed E-state index contributed by atoms with van der Waals surface area (Å²) in [5.74, 6) is 2.90. The van der Waals surface area contributed by atoms with Crippen molar-refractivity contribution >= 4 is 5.96 Å². The fraction of sp³-hybridized carbons (Fsp3) is 0.750. The number of nitrogens with one attached hydrogen (secondary N) is 1. The molecule has 0 aliphatic carbocycles. The van der Waals surface area contributed by atoms with Crippen LogP contribution in [0.1, 0.15) is 31.5 Å². The van der Waals surface area contributed by atoms with Crippen LogP contribution in [0.15, 0.2) is 9.52 Å². The molecule has 1 N–H and O–H groups in total. The summed E-state index contributed by atoms with van der Waals surface area (Å²) in [6.45, 7) is 6.74. The van der Waals surface area contributed by atoms with Crippen molar-refractivity contribution in [3.8, 4) is 0 Å². The Morgan fingerprint density at radius 2 is 2.44 bits per heavy atom. The Kier molecular flexibility index (Phi) is 4.17. The van der Waals surface area contributed by atoms with Crippen molar-refractivity contribution in [3.05, 3.63) is 11.7 Å². The number of likely N-dealkylation sites (tertiary alicyclic amines) is 1. The number of hydrogen-bond donors (Lipinski definition) is 1. The number of aryl methyl sites for hydroxylation is 1. The van der Waals surface area contributed by atoms with Gasteiger partial charge in [0.1, 0.15) is 0 Å². The Balaban J connectivity index is 1.89. The molecule has 1 saturated heterocycles. The van der Waals surface area contributed by atoms with E-state index in [0.717, 1.165) is 25.0 Å². The van der Waals surface area contributed by atoms with Crippen molar-refractivity contribution in [2.24, 2.45) is 10.9 Å². The number of guanidine groups is 1. The SMILES string of the molecule is CN=C(NCc1noc(C)n1)N1CCCC(C)C1. The Morgan fingerprint density at radius 3 is 3.06 bits per heavy atom. The topological polar surface area (TPSA) is 66.5 Å². The Morgan fingerprint density at radius 1 is 1.61 bits per heavy atom. The molecule has 2 heterocycles. The minimum Gasteiger partial charge on any atom is -0.349 e. The molecule has 1 fully saturated rings. The van der Waals surface area contributed by atoms with Crippen molar-refractivity contribution in [1.29, 1.82) is 0 Å². The molecule has 0 spiro atoms. The molecular formula is C12H21N5O. The van der Waals surface area contributed by atoms with Crippen LogP contribution >= 0.6 is 0 Å². The van der Waals surface area contributed by atoms with Crippen LogP contribution in [-0.2, 0) is 6.54 Å². The van der Waals surface area contributed by atoms with Crippen molar-refractivity contribution < 1.29 is 4.52 Å². The van der Waals surface area contributed by atoms with Gasteiger partial charge in [0.15, 0.2) is 11.8 Å². The van der Waals surface area contributed by atoms with Crippen molar-refractivity contribution in [2.45, 2.75) is 33.2 Å². The molecule has 0 bridgehead atoms. The van der Waals surface area contributed by atoms with E-state index in [4.69, 9.17) is 4.52 Å². The first-order valence-electron chi connectivity index (χ1n) is 6.44. The molecule has 1 aliphatic rings. The highest BCUT2D eigenvalue weighted by Crippen LogP contribution is 2.15. The summed E-state index contributed by atoms with van der Waals surface area (Å²) in [4.78, 5) is 10.8. The monoisotopic (exact) mass is 251 g/mol. The average Bonchev–Trinajstić information content (AvgIpc) is 2.76. The molecular weight excluding hydrogens is 230 g/mol. The van der Waals surface area contributed by atoms with Gasteiger partial charge < -0.3 is 14.7 Å². The van der Waals surface area contributed by atoms with Gasteiger partial charge in [0.2, 0.25) is 5.89 Å². The maximum absolute atomic E-state index is 4.94. The smallest absolute Gasteiger partial charge is 0.223 e. The van der Waals surface area contributed by atoms with Gasteiger partial charge in [-0.25, -0.2) is 0 Å². The zero-order valence-electron chi connectivity index (χ0n) is 11.3. The molecule has 1 atom stereocenters. The lowest BCUT2D eigenvalue weighted by atomic mass is 10.0. The lowest BCUT2D eigenvalue weighted by Crippen LogP contribution is -2.46. The van der Waals surface area contributed by atoms with Gasteiger partial charge in [-0.05, 0) is 18.8 Å². The van der Waals surface area contributed by atoms with Crippen LogP contribution in [0.4, 0.5) is 0 Å². The lowest BCUT2D eigenvalue weighted by molar-refractivity contribution is 0.265. The number of hydrogen-bond acceptors (Lipinski definition) is 4. The van der Waals surface area contributed by atoms with Gasteiger partial charge in [0.05, 0.1) is 6.54 Å². The number of aromatic nitrogens is 2. The van der Waals surface area contributed by atoms with Gasteiger partial charge in [-0.1, -0.05) is 12.1 Å². The predicted octanol–water partition coefficient (Wildman–Crippen LogP) is 1.19. The van der Waals surface area contributed by atoms with E-state index in [1.807, 2.05) is 7.05 Å². The zero-order chi connectivity index (χ0) is 13.0. The summed E-state index contributed by atoms with van der Waals surface area (Å²) < 4.78 is 4.94. The van der Waals surface area contributed by atoms with Crippen LogP contribution < -0.4 is 5.32 Å². The Hall–Kier alpha value is -1.59. The summed E-state index contributed by atoms with van der Waals surface area (Å²) >= 11 is 0. The molecule has 2 rings (SSSR count). The minimum atomic E-state index is 0.550. The van der Waals surface area contributed by atoms with E-state index >= 15 is 0 Å². The molecule has 0 saturated carbocycles. The normalized spacial score (nSPS) is 21.2. The molecule has 0 radical (unpaired) electrons. The first-order chi connectivity index (χ1) is 8.69. The van der Waals surface area contributed by atoms with Gasteiger partial charge in [-0.3, -0.25) is 4.99 Å². The maximum atomic E-state index is 4.94. The second-order valence-corrected chi connectivity index (χ2v) is 4.82. The average molecular weight is 251 g/mol. The van der Waals surface area contributed by atoms with Gasteiger partial charge in [-0.2, -0.15) is 4.98 Å². The molecule has 6 nitrogen and oxygen atoms in total. The van der Waals surface area contributed by atoms with E-state index in [1.54, 1.807) is 6.92 Å². The van der Waals surface area contributed by atoms with Crippen LogP contribution in [-0.4, -0.2) is 41.1 Å². The summed E-state index contributed by atoms with van der Waals surface area (Å²) in [5.41, 5.74) is 0. The van der Waals surface area contributed by atoms with Crippen LogP contribution in [0.5, 0.6) is 0 Å². The van der Waals surface area contributed by atoms with E-state index in [1.165, 1.54) is 12.8 Å². The molecule has 100 valence electrons. The molecule has 6 heteroatoms. The van der Waals surface area contributed by atoms with Crippen molar-refractivity contribution in [1.82, 2.24) is 20.4 Å². The third-order valence-corrected chi connectivity index (χ3v) is 3.14. The van der Waals surface area contributed by atoms with Gasteiger partial charge in [0.25, 0.3) is 0 Å². The van der Waals surface area contributed by atoms with Crippen molar-refractivity contribution in [3.63, 3.8) is 0 Å². The van der Waals surface area contributed by atoms with Crippen LogP contribution in [0, 0.1) is 12.8 Å². The molecule has 0 amide bonds. The van der Waals surface area contributed by atoms with Crippen LogP contribution in [0.2, 0.25) is 0 Å². The second kappa shape index (κ2) is 5.84. The van der Waals surface area contributed by atoms with E-state index in [0.29, 0.717) is 18.3 Å². The highest BCUT2D eigenvalue weighted by Gasteiger charge is 2.19. The minimum absolute atomic E-state index is 0.550. The van der Waals surface area contributed by atoms with Gasteiger partial charge in [0, 0.05) is 27.1 Å². The molecule has 1 aromatic rings. The summed E-state index contributed by atoms with van der Waals surface area (Å²) in [6.07, 6.45) is 2.53. The number of piperidine rings is 1. The zero-order valence-corrected chi connectivity index (χ0v) is 11.3. The van der Waals surface area contributed by atoms with E-state index < -0.39 is 0 Å².